The van der Waals surface area contributed by atoms with E-state index in [1.165, 1.54) is 61.6 Å². The van der Waals surface area contributed by atoms with E-state index in [2.05, 4.69) is 173 Å². The Balaban J connectivity index is 1.15. The summed E-state index contributed by atoms with van der Waals surface area (Å²) in [5.74, 6) is 1.39. The van der Waals surface area contributed by atoms with Crippen LogP contribution < -0.4 is 4.57 Å². The minimum Gasteiger partial charge on any atom is -0.310 e. The minimum absolute atomic E-state index is 0.0167. The van der Waals surface area contributed by atoms with E-state index in [0.29, 0.717) is 5.92 Å². The molecular formula is C44H38N5+. The maximum Gasteiger partial charge on any atom is 0.248 e. The highest BCUT2D eigenvalue weighted by atomic mass is 15.1. The van der Waals surface area contributed by atoms with Crippen molar-refractivity contribution in [3.8, 4) is 28.5 Å². The number of fused-ring (bicyclic) bond motifs is 7. The van der Waals surface area contributed by atoms with Crippen LogP contribution in [0, 0.1) is 0 Å². The quantitative estimate of drug-likeness (QED) is 0.177. The van der Waals surface area contributed by atoms with Crippen molar-refractivity contribution in [1.29, 1.82) is 0 Å². The van der Waals surface area contributed by atoms with E-state index in [1.54, 1.807) is 0 Å². The van der Waals surface area contributed by atoms with Gasteiger partial charge in [-0.3, -0.25) is 4.57 Å². The summed E-state index contributed by atoms with van der Waals surface area (Å²) in [4.78, 5) is 5.21. The van der Waals surface area contributed by atoms with Gasteiger partial charge in [0.25, 0.3) is 0 Å². The molecule has 0 radical (unpaired) electrons. The second-order valence-electron chi connectivity index (χ2n) is 14.4. The maximum atomic E-state index is 5.21. The molecular weight excluding hydrogens is 599 g/mol. The zero-order chi connectivity index (χ0) is 32.9. The van der Waals surface area contributed by atoms with Crippen molar-refractivity contribution in [2.45, 2.75) is 44.4 Å². The first-order chi connectivity index (χ1) is 24.0. The van der Waals surface area contributed by atoms with Crippen LogP contribution in [0.15, 0.2) is 127 Å². The Labute approximate surface area is 286 Å². The third-order valence-electron chi connectivity index (χ3n) is 11.2. The number of para-hydroxylation sites is 1. The van der Waals surface area contributed by atoms with Gasteiger partial charge in [-0.2, -0.15) is 0 Å². The van der Waals surface area contributed by atoms with Crippen LogP contribution >= 0.6 is 0 Å². The average molecular weight is 637 g/mol. The number of imidazole rings is 2. The fraction of sp³-hybridized carbons (Fsp3) is 0.182. The van der Waals surface area contributed by atoms with Crippen molar-refractivity contribution in [3.05, 3.63) is 161 Å². The Bertz CT molecular complexity index is 2500. The lowest BCUT2D eigenvalue weighted by molar-refractivity contribution is -0.670. The Morgan fingerprint density at radius 1 is 0.816 bits per heavy atom. The molecule has 5 heteroatoms. The molecule has 7 aromatic rings. The standard InChI is InChI=1S/C44H38N5/c1-44(2)37-14-8-7-13-33(37)34-26-36-35-25-32(47-24-23-46(3)28-47)21-22-40(35)48(42(36)27-38(34)44)31-19-17-29(18-20-31)43-45-39-15-9-10-16-41(39)49(43)30-11-5-4-6-12-30/h4-8,10-14,16-25,27-28,34H,9,15,26H2,1-3H3/q+1. The van der Waals surface area contributed by atoms with Gasteiger partial charge in [-0.15, -0.1) is 0 Å². The van der Waals surface area contributed by atoms with Gasteiger partial charge in [0.2, 0.25) is 6.33 Å². The first-order valence-corrected chi connectivity index (χ1v) is 17.4. The van der Waals surface area contributed by atoms with E-state index in [9.17, 15) is 0 Å². The predicted octanol–water partition coefficient (Wildman–Crippen LogP) is 9.07. The molecule has 0 aliphatic heterocycles. The molecule has 0 amide bonds. The molecule has 0 spiro atoms. The summed E-state index contributed by atoms with van der Waals surface area (Å²) in [7, 11) is 2.07. The molecule has 0 bridgehead atoms. The molecule has 10 rings (SSSR count). The topological polar surface area (TPSA) is 31.6 Å². The monoisotopic (exact) mass is 636 g/mol. The lowest BCUT2D eigenvalue weighted by atomic mass is 9.76. The van der Waals surface area contributed by atoms with Gasteiger partial charge in [0.1, 0.15) is 23.9 Å². The van der Waals surface area contributed by atoms with Crippen LogP contribution in [0.5, 0.6) is 0 Å². The second-order valence-corrected chi connectivity index (χ2v) is 14.4. The van der Waals surface area contributed by atoms with Gasteiger partial charge in [-0.05, 0) is 103 Å². The number of nitrogens with zero attached hydrogens (tertiary/aromatic N) is 5. The number of hydrogen-bond donors (Lipinski definition) is 0. The van der Waals surface area contributed by atoms with E-state index in [-0.39, 0.29) is 5.41 Å². The average Bonchev–Trinajstić information content (AvgIpc) is 3.88. The van der Waals surface area contributed by atoms with E-state index in [0.717, 1.165) is 36.3 Å². The van der Waals surface area contributed by atoms with Crippen LogP contribution in [0.1, 0.15) is 60.0 Å². The highest BCUT2D eigenvalue weighted by Gasteiger charge is 2.44. The lowest BCUT2D eigenvalue weighted by Crippen LogP contribution is -2.23. The molecule has 0 N–H and O–H groups in total. The highest BCUT2D eigenvalue weighted by Crippen LogP contribution is 2.55. The maximum absolute atomic E-state index is 5.21. The van der Waals surface area contributed by atoms with Gasteiger partial charge in [-0.25, -0.2) is 14.1 Å². The van der Waals surface area contributed by atoms with Crippen molar-refractivity contribution in [3.63, 3.8) is 0 Å². The number of hydrogen-bond acceptors (Lipinski definition) is 1. The largest absolute Gasteiger partial charge is 0.310 e. The van der Waals surface area contributed by atoms with E-state index in [1.807, 2.05) is 0 Å². The molecule has 0 saturated heterocycles. The van der Waals surface area contributed by atoms with Crippen LogP contribution in [0.2, 0.25) is 0 Å². The van der Waals surface area contributed by atoms with Crippen LogP contribution in [-0.4, -0.2) is 18.7 Å². The first kappa shape index (κ1) is 28.3. The Kier molecular flexibility index (Phi) is 6.02. The Morgan fingerprint density at radius 2 is 1.59 bits per heavy atom. The van der Waals surface area contributed by atoms with Crippen molar-refractivity contribution in [2.24, 2.45) is 7.05 Å². The Hall–Kier alpha value is -5.68. The molecule has 5 nitrogen and oxygen atoms in total. The molecule has 3 aliphatic rings. The van der Waals surface area contributed by atoms with E-state index in [4.69, 9.17) is 4.98 Å². The summed E-state index contributed by atoms with van der Waals surface area (Å²) >= 11 is 0. The van der Waals surface area contributed by atoms with Crippen molar-refractivity contribution in [2.75, 3.05) is 0 Å². The van der Waals surface area contributed by atoms with Gasteiger partial charge in [0.05, 0.1) is 29.6 Å². The van der Waals surface area contributed by atoms with Gasteiger partial charge in [0, 0.05) is 33.7 Å². The fourth-order valence-corrected chi connectivity index (χ4v) is 8.79. The zero-order valence-electron chi connectivity index (χ0n) is 28.1. The third-order valence-corrected chi connectivity index (χ3v) is 11.2. The molecule has 1 atom stereocenters. The fourth-order valence-electron chi connectivity index (χ4n) is 8.79. The second kappa shape index (κ2) is 10.4. The molecule has 3 aliphatic carbocycles. The predicted molar refractivity (Wildman–Crippen MR) is 198 cm³/mol. The van der Waals surface area contributed by atoms with Crippen LogP contribution in [0.3, 0.4) is 0 Å². The van der Waals surface area contributed by atoms with Gasteiger partial charge < -0.3 is 4.57 Å². The van der Waals surface area contributed by atoms with E-state index < -0.39 is 0 Å². The summed E-state index contributed by atoms with van der Waals surface area (Å²) in [6, 6.07) is 35.7. The summed E-state index contributed by atoms with van der Waals surface area (Å²) in [6.45, 7) is 4.80. The van der Waals surface area contributed by atoms with Crippen LogP contribution in [0.4, 0.5) is 0 Å². The number of benzene rings is 4. The molecule has 4 aromatic carbocycles. The summed E-state index contributed by atoms with van der Waals surface area (Å²) in [6.07, 6.45) is 16.4. The smallest absolute Gasteiger partial charge is 0.248 e. The van der Waals surface area contributed by atoms with Gasteiger partial charge >= 0.3 is 0 Å². The third kappa shape index (κ3) is 4.18. The molecule has 0 fully saturated rings. The van der Waals surface area contributed by atoms with Crippen molar-refractivity contribution < 1.29 is 4.57 Å². The summed E-state index contributed by atoms with van der Waals surface area (Å²) < 4.78 is 9.11. The first-order valence-electron chi connectivity index (χ1n) is 17.4. The molecule has 3 heterocycles. The van der Waals surface area contributed by atoms with Crippen LogP contribution in [-0.2, 0) is 25.3 Å². The summed E-state index contributed by atoms with van der Waals surface area (Å²) in [5.41, 5.74) is 15.4. The Morgan fingerprint density at radius 3 is 2.41 bits per heavy atom. The zero-order valence-corrected chi connectivity index (χ0v) is 28.1. The number of aryl methyl sites for hydroxylation is 2. The SMILES string of the molecule is C[n+]1ccn(-c2ccc3c(c2)c2c(n3-c3ccc(-c4nc5c(n4-c4ccccc4)C=CCC5)cc3)C=C3C(C2)c2ccccc2C3(C)C)c1. The van der Waals surface area contributed by atoms with E-state index >= 15 is 0 Å². The molecule has 3 aromatic heterocycles. The van der Waals surface area contributed by atoms with Crippen LogP contribution in [0.25, 0.3) is 51.5 Å². The lowest BCUT2D eigenvalue weighted by Gasteiger charge is -2.28. The van der Waals surface area contributed by atoms with Gasteiger partial charge in [-0.1, -0.05) is 68.0 Å². The number of aromatic nitrogens is 5. The van der Waals surface area contributed by atoms with Crippen molar-refractivity contribution >= 4 is 23.1 Å². The number of allylic oxidation sites excluding steroid dienone is 2. The van der Waals surface area contributed by atoms with Crippen molar-refractivity contribution in [1.82, 2.24) is 18.7 Å². The number of rotatable bonds is 4. The minimum atomic E-state index is -0.0167. The molecule has 0 saturated carbocycles. The van der Waals surface area contributed by atoms with Gasteiger partial charge in [0.15, 0.2) is 0 Å². The molecule has 1 unspecified atom stereocenters. The summed E-state index contributed by atoms with van der Waals surface area (Å²) in [5, 5.41) is 1.32. The highest BCUT2D eigenvalue weighted by molar-refractivity contribution is 5.93. The molecule has 49 heavy (non-hydrogen) atoms. The normalized spacial score (nSPS) is 17.0. The molecule has 238 valence electrons.